The van der Waals surface area contributed by atoms with E-state index in [1.165, 1.54) is 0 Å². The summed E-state index contributed by atoms with van der Waals surface area (Å²) in [7, 11) is 0. The Balaban J connectivity index is 2.60. The van der Waals surface area contributed by atoms with Gasteiger partial charge in [0.2, 0.25) is 11.7 Å². The van der Waals surface area contributed by atoms with Crippen molar-refractivity contribution in [2.24, 2.45) is 0 Å². The van der Waals surface area contributed by atoms with Crippen molar-refractivity contribution in [1.82, 2.24) is 4.98 Å². The summed E-state index contributed by atoms with van der Waals surface area (Å²) in [5.74, 6) is -0.759. The molecule has 2 aromatic rings. The van der Waals surface area contributed by atoms with Crippen LogP contribution in [0.15, 0.2) is 15.2 Å². The van der Waals surface area contributed by atoms with Crippen molar-refractivity contribution in [1.29, 1.82) is 0 Å². The second-order valence-electron chi connectivity index (χ2n) is 5.22. The van der Waals surface area contributed by atoms with Gasteiger partial charge in [-0.15, -0.1) is 0 Å². The molecule has 1 N–H and O–H groups in total. The third-order valence-electron chi connectivity index (χ3n) is 2.62. The molecule has 0 bridgehead atoms. The molecule has 18 heavy (non-hydrogen) atoms. The molecule has 2 rings (SSSR count). The fourth-order valence-corrected chi connectivity index (χ4v) is 2.49. The number of thiophene rings is 1. The van der Waals surface area contributed by atoms with Gasteiger partial charge in [-0.3, -0.25) is 0 Å². The number of oxazole rings is 1. The average Bonchev–Trinajstić information content (AvgIpc) is 2.81. The summed E-state index contributed by atoms with van der Waals surface area (Å²) in [4.78, 5) is 15.6. The zero-order valence-electron chi connectivity index (χ0n) is 10.8. The Bertz CT molecular complexity index is 590. The van der Waals surface area contributed by atoms with Crippen molar-refractivity contribution in [3.8, 4) is 11.5 Å². The molecule has 0 saturated heterocycles. The smallest absolute Gasteiger partial charge is 0.373 e. The van der Waals surface area contributed by atoms with Crippen LogP contribution >= 0.6 is 11.3 Å². The Morgan fingerprint density at radius 3 is 2.44 bits per heavy atom. The predicted octanol–water partition coefficient (Wildman–Crippen LogP) is 3.71. The molecule has 0 aromatic carbocycles. The zero-order valence-corrected chi connectivity index (χ0v) is 11.6. The third-order valence-corrected chi connectivity index (χ3v) is 3.48. The van der Waals surface area contributed by atoms with E-state index in [9.17, 15) is 9.90 Å². The summed E-state index contributed by atoms with van der Waals surface area (Å²) in [5.41, 5.74) is 2.02. The van der Waals surface area contributed by atoms with Crippen LogP contribution in [0.3, 0.4) is 0 Å². The van der Waals surface area contributed by atoms with E-state index in [1.807, 2.05) is 38.5 Å². The first-order valence-corrected chi connectivity index (χ1v) is 6.52. The SMILES string of the molecule is Cc1cscc1-c1nc(C(C)(C)C)c(C(=O)O)o1. The Morgan fingerprint density at radius 1 is 1.39 bits per heavy atom. The maximum absolute atomic E-state index is 11.2. The molecule has 0 aliphatic heterocycles. The maximum Gasteiger partial charge on any atom is 0.373 e. The minimum absolute atomic E-state index is 0.0666. The maximum atomic E-state index is 11.2. The monoisotopic (exact) mass is 265 g/mol. The van der Waals surface area contributed by atoms with Crippen LogP contribution in [0.1, 0.15) is 42.6 Å². The lowest BCUT2D eigenvalue weighted by molar-refractivity contribution is 0.0659. The van der Waals surface area contributed by atoms with Crippen LogP contribution in [-0.2, 0) is 5.41 Å². The Labute approximate surface area is 109 Å². The second kappa shape index (κ2) is 4.24. The topological polar surface area (TPSA) is 63.3 Å². The molecule has 0 aliphatic carbocycles. The van der Waals surface area contributed by atoms with Gasteiger partial charge in [0, 0.05) is 10.8 Å². The van der Waals surface area contributed by atoms with E-state index in [0.717, 1.165) is 11.1 Å². The fraction of sp³-hybridized carbons (Fsp3) is 0.385. The molecule has 2 aromatic heterocycles. The third kappa shape index (κ3) is 2.18. The fourth-order valence-electron chi connectivity index (χ4n) is 1.67. The molecule has 4 nitrogen and oxygen atoms in total. The van der Waals surface area contributed by atoms with Gasteiger partial charge < -0.3 is 9.52 Å². The average molecular weight is 265 g/mol. The van der Waals surface area contributed by atoms with E-state index in [0.29, 0.717) is 11.6 Å². The number of hydrogen-bond donors (Lipinski definition) is 1. The van der Waals surface area contributed by atoms with Crippen LogP contribution < -0.4 is 0 Å². The summed E-state index contributed by atoms with van der Waals surface area (Å²) >= 11 is 1.54. The van der Waals surface area contributed by atoms with Crippen molar-refractivity contribution >= 4 is 17.3 Å². The van der Waals surface area contributed by atoms with Crippen LogP contribution in [0.4, 0.5) is 0 Å². The Hall–Kier alpha value is -1.62. The van der Waals surface area contributed by atoms with Crippen molar-refractivity contribution in [2.45, 2.75) is 33.1 Å². The molecule has 2 heterocycles. The first kappa shape index (κ1) is 12.8. The van der Waals surface area contributed by atoms with Crippen molar-refractivity contribution in [2.75, 3.05) is 0 Å². The van der Waals surface area contributed by atoms with E-state index < -0.39 is 5.97 Å². The largest absolute Gasteiger partial charge is 0.475 e. The lowest BCUT2D eigenvalue weighted by atomic mass is 9.91. The highest BCUT2D eigenvalue weighted by Gasteiger charge is 2.29. The first-order chi connectivity index (χ1) is 8.30. The van der Waals surface area contributed by atoms with Gasteiger partial charge >= 0.3 is 5.97 Å². The highest BCUT2D eigenvalue weighted by atomic mass is 32.1. The van der Waals surface area contributed by atoms with E-state index in [1.54, 1.807) is 11.3 Å². The molecule has 0 unspecified atom stereocenters. The molecule has 0 aliphatic rings. The molecule has 0 spiro atoms. The number of hydrogen-bond acceptors (Lipinski definition) is 4. The van der Waals surface area contributed by atoms with Crippen LogP contribution in [0, 0.1) is 6.92 Å². The van der Waals surface area contributed by atoms with E-state index >= 15 is 0 Å². The highest BCUT2D eigenvalue weighted by molar-refractivity contribution is 7.08. The number of aromatic nitrogens is 1. The van der Waals surface area contributed by atoms with Crippen molar-refractivity contribution < 1.29 is 14.3 Å². The van der Waals surface area contributed by atoms with Gasteiger partial charge in [0.1, 0.15) is 5.69 Å². The molecule has 0 fully saturated rings. The number of carbonyl (C=O) groups is 1. The van der Waals surface area contributed by atoms with Gasteiger partial charge in [0.15, 0.2) is 0 Å². The normalized spacial score (nSPS) is 11.8. The van der Waals surface area contributed by atoms with Gasteiger partial charge in [0.05, 0.1) is 5.56 Å². The number of aromatic carboxylic acids is 1. The van der Waals surface area contributed by atoms with E-state index in [2.05, 4.69) is 4.98 Å². The van der Waals surface area contributed by atoms with Gasteiger partial charge in [-0.2, -0.15) is 11.3 Å². The lowest BCUT2D eigenvalue weighted by Gasteiger charge is -2.14. The minimum atomic E-state index is -1.08. The Morgan fingerprint density at radius 2 is 2.06 bits per heavy atom. The molecule has 5 heteroatoms. The minimum Gasteiger partial charge on any atom is -0.475 e. The Kier molecular flexibility index (Phi) is 3.02. The summed E-state index contributed by atoms with van der Waals surface area (Å²) < 4.78 is 5.42. The zero-order chi connectivity index (χ0) is 13.5. The van der Waals surface area contributed by atoms with Gasteiger partial charge in [-0.1, -0.05) is 20.8 Å². The molecule has 0 amide bonds. The van der Waals surface area contributed by atoms with E-state index in [-0.39, 0.29) is 11.2 Å². The molecule has 0 atom stereocenters. The first-order valence-electron chi connectivity index (χ1n) is 5.58. The van der Waals surface area contributed by atoms with Crippen LogP contribution in [0.25, 0.3) is 11.5 Å². The molecular formula is C13H15NO3S. The molecule has 0 saturated carbocycles. The number of aryl methyl sites for hydroxylation is 1. The molecular weight excluding hydrogens is 250 g/mol. The summed E-state index contributed by atoms with van der Waals surface area (Å²) in [6.45, 7) is 7.71. The van der Waals surface area contributed by atoms with Crippen LogP contribution in [0.5, 0.6) is 0 Å². The summed E-state index contributed by atoms with van der Waals surface area (Å²) in [5, 5.41) is 13.1. The standard InChI is InChI=1S/C13H15NO3S/c1-7-5-18-6-8(7)11-14-10(13(2,3)4)9(17-11)12(15)16/h5-6H,1-4H3,(H,15,16). The van der Waals surface area contributed by atoms with Gasteiger partial charge in [0.25, 0.3) is 0 Å². The molecule has 0 radical (unpaired) electrons. The lowest BCUT2D eigenvalue weighted by Crippen LogP contribution is -2.16. The highest BCUT2D eigenvalue weighted by Crippen LogP contribution is 2.32. The quantitative estimate of drug-likeness (QED) is 0.899. The number of nitrogens with zero attached hydrogens (tertiary/aromatic N) is 1. The van der Waals surface area contributed by atoms with Crippen molar-refractivity contribution in [3.63, 3.8) is 0 Å². The second-order valence-corrected chi connectivity index (χ2v) is 5.96. The molecule has 96 valence electrons. The summed E-state index contributed by atoms with van der Waals surface area (Å²) in [6, 6.07) is 0. The number of carboxylic acid groups (broad SMARTS) is 1. The van der Waals surface area contributed by atoms with Gasteiger partial charge in [-0.25, -0.2) is 9.78 Å². The van der Waals surface area contributed by atoms with Gasteiger partial charge in [-0.05, 0) is 17.9 Å². The van der Waals surface area contributed by atoms with Crippen molar-refractivity contribution in [3.05, 3.63) is 27.8 Å². The number of rotatable bonds is 2. The predicted molar refractivity (Wildman–Crippen MR) is 70.2 cm³/mol. The number of carboxylic acids is 1. The van der Waals surface area contributed by atoms with Crippen LogP contribution in [-0.4, -0.2) is 16.1 Å². The van der Waals surface area contributed by atoms with E-state index in [4.69, 9.17) is 4.42 Å². The summed E-state index contributed by atoms with van der Waals surface area (Å²) in [6.07, 6.45) is 0. The van der Waals surface area contributed by atoms with Crippen LogP contribution in [0.2, 0.25) is 0 Å².